The first-order valence-corrected chi connectivity index (χ1v) is 7.06. The highest BCUT2D eigenvalue weighted by atomic mass is 32.1. The molecule has 0 aliphatic carbocycles. The molecule has 2 aromatic rings. The molecule has 0 aromatic carbocycles. The smallest absolute Gasteiger partial charge is 0.137 e. The first-order valence-electron chi connectivity index (χ1n) is 6.18. The molecule has 1 N–H and O–H groups in total. The van der Waals surface area contributed by atoms with Crippen LogP contribution in [0.3, 0.4) is 0 Å². The maximum atomic E-state index is 4.43. The van der Waals surface area contributed by atoms with Gasteiger partial charge in [-0.3, -0.25) is 5.10 Å². The van der Waals surface area contributed by atoms with Crippen molar-refractivity contribution >= 4 is 11.3 Å². The summed E-state index contributed by atoms with van der Waals surface area (Å²) in [5.74, 6) is 0.956. The molecule has 5 heteroatoms. The molecule has 0 atom stereocenters. The molecule has 2 aromatic heterocycles. The van der Waals surface area contributed by atoms with Gasteiger partial charge in [0.15, 0.2) is 0 Å². The minimum absolute atomic E-state index is 0.0189. The predicted molar refractivity (Wildman–Crippen MR) is 73.8 cm³/mol. The Labute approximate surface area is 112 Å². The fourth-order valence-electron chi connectivity index (χ4n) is 1.94. The number of hydrogen-bond acceptors (Lipinski definition) is 4. The van der Waals surface area contributed by atoms with Crippen molar-refractivity contribution in [2.45, 2.75) is 51.4 Å². The lowest BCUT2D eigenvalue weighted by atomic mass is 9.79. The molecule has 0 fully saturated rings. The van der Waals surface area contributed by atoms with Crippen molar-refractivity contribution in [3.8, 4) is 0 Å². The topological polar surface area (TPSA) is 54.5 Å². The van der Waals surface area contributed by atoms with Crippen LogP contribution in [0.5, 0.6) is 0 Å². The van der Waals surface area contributed by atoms with Crippen molar-refractivity contribution in [3.05, 3.63) is 28.7 Å². The van der Waals surface area contributed by atoms with Crippen LogP contribution in [0.2, 0.25) is 0 Å². The summed E-state index contributed by atoms with van der Waals surface area (Å²) in [6.45, 7) is 8.90. The van der Waals surface area contributed by atoms with Crippen molar-refractivity contribution in [1.82, 2.24) is 20.2 Å². The zero-order valence-electron chi connectivity index (χ0n) is 11.4. The van der Waals surface area contributed by atoms with Gasteiger partial charge in [0.05, 0.1) is 5.01 Å². The second-order valence-corrected chi connectivity index (χ2v) is 6.83. The number of H-pyrrole nitrogens is 1. The van der Waals surface area contributed by atoms with Gasteiger partial charge in [-0.25, -0.2) is 9.97 Å². The average molecular weight is 264 g/mol. The van der Waals surface area contributed by atoms with Crippen molar-refractivity contribution < 1.29 is 0 Å². The van der Waals surface area contributed by atoms with E-state index in [1.807, 2.05) is 11.6 Å². The molecule has 0 spiro atoms. The second kappa shape index (κ2) is 4.80. The van der Waals surface area contributed by atoms with Crippen LogP contribution in [-0.2, 0) is 10.8 Å². The standard InChI is InChI=1S/C13H20N4S/c1-12(2,10-15-9-16-17-10)5-6-13(3,4)11-14-7-8-18-11/h7-9H,5-6H2,1-4H3,(H,15,16,17). The number of thiazole rings is 1. The lowest BCUT2D eigenvalue weighted by Gasteiger charge is -2.28. The van der Waals surface area contributed by atoms with Gasteiger partial charge in [0.1, 0.15) is 12.2 Å². The molecule has 0 unspecified atom stereocenters. The van der Waals surface area contributed by atoms with E-state index in [2.05, 4.69) is 47.9 Å². The Hall–Kier alpha value is -1.23. The zero-order chi connectivity index (χ0) is 13.2. The van der Waals surface area contributed by atoms with Gasteiger partial charge in [0, 0.05) is 22.4 Å². The molecule has 98 valence electrons. The van der Waals surface area contributed by atoms with Gasteiger partial charge in [-0.15, -0.1) is 11.3 Å². The van der Waals surface area contributed by atoms with E-state index in [0.29, 0.717) is 0 Å². The number of hydrogen-bond donors (Lipinski definition) is 1. The van der Waals surface area contributed by atoms with E-state index in [9.17, 15) is 0 Å². The van der Waals surface area contributed by atoms with Crippen LogP contribution in [0.1, 0.15) is 51.4 Å². The number of rotatable bonds is 5. The summed E-state index contributed by atoms with van der Waals surface area (Å²) < 4.78 is 0. The van der Waals surface area contributed by atoms with Gasteiger partial charge in [-0.05, 0) is 12.8 Å². The SMILES string of the molecule is CC(C)(CCC(C)(C)c1nccs1)c1ncn[nH]1. The molecule has 0 saturated carbocycles. The highest BCUT2D eigenvalue weighted by Gasteiger charge is 2.30. The molecule has 4 nitrogen and oxygen atoms in total. The maximum absolute atomic E-state index is 4.43. The third-order valence-electron chi connectivity index (χ3n) is 3.44. The Morgan fingerprint density at radius 2 is 1.83 bits per heavy atom. The molecule has 0 amide bonds. The third kappa shape index (κ3) is 2.77. The molecule has 18 heavy (non-hydrogen) atoms. The van der Waals surface area contributed by atoms with Crippen LogP contribution in [0, 0.1) is 0 Å². The minimum Gasteiger partial charge on any atom is -0.263 e. The van der Waals surface area contributed by atoms with Crippen LogP contribution < -0.4 is 0 Å². The van der Waals surface area contributed by atoms with Crippen LogP contribution in [0.4, 0.5) is 0 Å². The summed E-state index contributed by atoms with van der Waals surface area (Å²) in [5, 5.41) is 10.2. The van der Waals surface area contributed by atoms with E-state index in [1.165, 1.54) is 5.01 Å². The van der Waals surface area contributed by atoms with Gasteiger partial charge >= 0.3 is 0 Å². The Morgan fingerprint density at radius 3 is 2.39 bits per heavy atom. The molecule has 0 radical (unpaired) electrons. The van der Waals surface area contributed by atoms with E-state index >= 15 is 0 Å². The number of aromatic amines is 1. The Balaban J connectivity index is 2.03. The number of aromatic nitrogens is 4. The van der Waals surface area contributed by atoms with Crippen molar-refractivity contribution in [1.29, 1.82) is 0 Å². The van der Waals surface area contributed by atoms with Gasteiger partial charge in [-0.1, -0.05) is 27.7 Å². The second-order valence-electron chi connectivity index (χ2n) is 5.94. The Morgan fingerprint density at radius 1 is 1.11 bits per heavy atom. The quantitative estimate of drug-likeness (QED) is 0.901. The van der Waals surface area contributed by atoms with Crippen LogP contribution in [-0.4, -0.2) is 20.2 Å². The predicted octanol–water partition coefficient (Wildman–Crippen LogP) is 3.30. The van der Waals surface area contributed by atoms with E-state index < -0.39 is 0 Å². The van der Waals surface area contributed by atoms with Gasteiger partial charge in [-0.2, -0.15) is 5.10 Å². The molecule has 0 aliphatic rings. The van der Waals surface area contributed by atoms with Crippen molar-refractivity contribution in [2.75, 3.05) is 0 Å². The van der Waals surface area contributed by atoms with Gasteiger partial charge < -0.3 is 0 Å². The largest absolute Gasteiger partial charge is 0.263 e. The normalized spacial score (nSPS) is 12.9. The molecule has 0 aliphatic heterocycles. The molecule has 0 bridgehead atoms. The van der Waals surface area contributed by atoms with Crippen molar-refractivity contribution in [3.63, 3.8) is 0 Å². The highest BCUT2D eigenvalue weighted by molar-refractivity contribution is 7.09. The maximum Gasteiger partial charge on any atom is 0.137 e. The van der Waals surface area contributed by atoms with Gasteiger partial charge in [0.2, 0.25) is 0 Å². The first-order chi connectivity index (χ1) is 8.42. The molecular weight excluding hydrogens is 244 g/mol. The van der Waals surface area contributed by atoms with E-state index in [4.69, 9.17) is 0 Å². The first kappa shape index (κ1) is 13.2. The Bertz CT molecular complexity index is 425. The van der Waals surface area contributed by atoms with Crippen LogP contribution in [0.15, 0.2) is 17.9 Å². The van der Waals surface area contributed by atoms with E-state index in [1.54, 1.807) is 17.7 Å². The highest BCUT2D eigenvalue weighted by Crippen LogP contribution is 2.35. The lowest BCUT2D eigenvalue weighted by molar-refractivity contribution is 0.362. The fraction of sp³-hybridized carbons (Fsp3) is 0.615. The summed E-state index contributed by atoms with van der Waals surface area (Å²) in [6.07, 6.45) is 5.58. The van der Waals surface area contributed by atoms with Crippen LogP contribution >= 0.6 is 11.3 Å². The fourth-order valence-corrected chi connectivity index (χ4v) is 2.73. The van der Waals surface area contributed by atoms with Crippen LogP contribution in [0.25, 0.3) is 0 Å². The van der Waals surface area contributed by atoms with E-state index in [0.717, 1.165) is 18.7 Å². The number of nitrogens with one attached hydrogen (secondary N) is 1. The van der Waals surface area contributed by atoms with E-state index in [-0.39, 0.29) is 10.8 Å². The molecule has 2 heterocycles. The summed E-state index contributed by atoms with van der Waals surface area (Å²) in [4.78, 5) is 8.71. The third-order valence-corrected chi connectivity index (χ3v) is 4.58. The monoisotopic (exact) mass is 264 g/mol. The molecular formula is C13H20N4S. The number of nitrogens with zero attached hydrogens (tertiary/aromatic N) is 3. The van der Waals surface area contributed by atoms with Crippen molar-refractivity contribution in [2.24, 2.45) is 0 Å². The molecule has 2 rings (SSSR count). The summed E-state index contributed by atoms with van der Waals surface area (Å²) in [7, 11) is 0. The lowest BCUT2D eigenvalue weighted by Crippen LogP contribution is -2.25. The molecule has 0 saturated heterocycles. The Kier molecular flexibility index (Phi) is 3.52. The summed E-state index contributed by atoms with van der Waals surface area (Å²) >= 11 is 1.73. The average Bonchev–Trinajstić information content (AvgIpc) is 2.99. The summed E-state index contributed by atoms with van der Waals surface area (Å²) in [5.41, 5.74) is 0.135. The zero-order valence-corrected chi connectivity index (χ0v) is 12.2. The minimum atomic E-state index is 0.0189. The van der Waals surface area contributed by atoms with Gasteiger partial charge in [0.25, 0.3) is 0 Å². The summed E-state index contributed by atoms with van der Waals surface area (Å²) in [6, 6.07) is 0.